The van der Waals surface area contributed by atoms with Crippen molar-refractivity contribution in [2.45, 2.75) is 32.7 Å². The van der Waals surface area contributed by atoms with Crippen LogP contribution in [0.25, 0.3) is 0 Å². The molecule has 1 aromatic rings. The highest BCUT2D eigenvalue weighted by atomic mass is 19.1. The zero-order valence-corrected chi connectivity index (χ0v) is 13.1. The van der Waals surface area contributed by atoms with E-state index >= 15 is 0 Å². The molecular weight excluding hydrogens is 271 g/mol. The molecule has 1 unspecified atom stereocenters. The number of nitrogens with one attached hydrogen (secondary N) is 1. The van der Waals surface area contributed by atoms with E-state index in [1.54, 1.807) is 19.1 Å². The van der Waals surface area contributed by atoms with E-state index in [1.165, 1.54) is 12.1 Å². The van der Waals surface area contributed by atoms with E-state index in [2.05, 4.69) is 12.2 Å². The molecule has 0 spiro atoms. The number of carbonyl (C=O) groups excluding carboxylic acids is 1. The molecule has 1 atom stereocenters. The highest BCUT2D eigenvalue weighted by molar-refractivity contribution is 5.75. The van der Waals surface area contributed by atoms with Crippen LogP contribution in [-0.4, -0.2) is 38.8 Å². The molecule has 118 valence electrons. The Bertz CT molecular complexity index is 423. The second-order valence-corrected chi connectivity index (χ2v) is 4.95. The molecule has 0 heterocycles. The molecule has 21 heavy (non-hydrogen) atoms. The molecule has 0 aliphatic heterocycles. The van der Waals surface area contributed by atoms with Gasteiger partial charge in [-0.3, -0.25) is 4.79 Å². The van der Waals surface area contributed by atoms with Crippen molar-refractivity contribution in [2.75, 3.05) is 31.6 Å². The van der Waals surface area contributed by atoms with E-state index in [9.17, 15) is 9.18 Å². The summed E-state index contributed by atoms with van der Waals surface area (Å²) in [4.78, 5) is 13.9. The molecule has 0 aliphatic carbocycles. The molecule has 0 aliphatic rings. The van der Waals surface area contributed by atoms with Gasteiger partial charge < -0.3 is 15.0 Å². The van der Waals surface area contributed by atoms with Gasteiger partial charge in [-0.2, -0.15) is 0 Å². The molecule has 0 saturated carbocycles. The van der Waals surface area contributed by atoms with Crippen molar-refractivity contribution in [3.63, 3.8) is 0 Å². The first-order valence-electron chi connectivity index (χ1n) is 7.45. The molecule has 4 nitrogen and oxygen atoms in total. The first-order valence-corrected chi connectivity index (χ1v) is 7.45. The molecule has 0 fully saturated rings. The van der Waals surface area contributed by atoms with Gasteiger partial charge in [0, 0.05) is 19.3 Å². The zero-order valence-electron chi connectivity index (χ0n) is 13.1. The smallest absolute Gasteiger partial charge is 0.323 e. The maximum atomic E-state index is 12.9. The predicted molar refractivity (Wildman–Crippen MR) is 83.0 cm³/mol. The lowest BCUT2D eigenvalue weighted by Gasteiger charge is -2.23. The molecule has 1 aromatic carbocycles. The number of nitrogens with zero attached hydrogens (tertiary/aromatic N) is 1. The number of anilines is 1. The third-order valence-corrected chi connectivity index (χ3v) is 3.23. The highest BCUT2D eigenvalue weighted by Crippen LogP contribution is 2.13. The van der Waals surface area contributed by atoms with Crippen LogP contribution >= 0.6 is 0 Å². The molecular formula is C16H25FN2O2. The van der Waals surface area contributed by atoms with Crippen LogP contribution in [0.15, 0.2) is 24.3 Å². The Morgan fingerprint density at radius 1 is 1.33 bits per heavy atom. The number of hydrogen-bond acceptors (Lipinski definition) is 4. The summed E-state index contributed by atoms with van der Waals surface area (Å²) in [7, 11) is 1.93. The summed E-state index contributed by atoms with van der Waals surface area (Å²) < 4.78 is 18.0. The number of ether oxygens (including phenoxy) is 1. The maximum absolute atomic E-state index is 12.9. The van der Waals surface area contributed by atoms with Gasteiger partial charge in [-0.1, -0.05) is 6.92 Å². The van der Waals surface area contributed by atoms with E-state index in [0.29, 0.717) is 19.6 Å². The third kappa shape index (κ3) is 6.12. The Labute approximate surface area is 126 Å². The van der Waals surface area contributed by atoms with E-state index in [1.807, 2.05) is 11.9 Å². The van der Waals surface area contributed by atoms with E-state index in [-0.39, 0.29) is 17.8 Å². The fraction of sp³-hybridized carbons (Fsp3) is 0.562. The van der Waals surface area contributed by atoms with Crippen LogP contribution in [0, 0.1) is 5.82 Å². The molecule has 0 radical (unpaired) electrons. The van der Waals surface area contributed by atoms with Crippen LogP contribution in [0.1, 0.15) is 26.7 Å². The van der Waals surface area contributed by atoms with Crippen molar-refractivity contribution in [3.05, 3.63) is 30.1 Å². The molecule has 0 bridgehead atoms. The molecule has 5 heteroatoms. The summed E-state index contributed by atoms with van der Waals surface area (Å²) in [6.07, 6.45) is 1.61. The van der Waals surface area contributed by atoms with Crippen molar-refractivity contribution >= 4 is 11.7 Å². The minimum atomic E-state index is -0.298. The van der Waals surface area contributed by atoms with E-state index in [4.69, 9.17) is 4.74 Å². The zero-order chi connectivity index (χ0) is 15.7. The second kappa shape index (κ2) is 9.34. The van der Waals surface area contributed by atoms with Crippen molar-refractivity contribution in [2.24, 2.45) is 0 Å². The average Bonchev–Trinajstić information content (AvgIpc) is 2.48. The number of halogens is 1. The van der Waals surface area contributed by atoms with E-state index in [0.717, 1.165) is 18.7 Å². The van der Waals surface area contributed by atoms with Gasteiger partial charge in [0.2, 0.25) is 0 Å². The summed E-state index contributed by atoms with van der Waals surface area (Å²) in [5.74, 6) is -0.459. The van der Waals surface area contributed by atoms with Crippen molar-refractivity contribution in [1.82, 2.24) is 5.32 Å². The van der Waals surface area contributed by atoms with E-state index < -0.39 is 0 Å². The standard InChI is InChI=1S/C16H25FN2O2/c1-4-11-18-15(16(20)21-5-2)10-12-19(3)14-8-6-13(17)7-9-14/h6-9,15,18H,4-5,10-12H2,1-3H3. The van der Waals surface area contributed by atoms with Gasteiger partial charge >= 0.3 is 5.97 Å². The summed E-state index contributed by atoms with van der Waals surface area (Å²) in [5.41, 5.74) is 0.925. The van der Waals surface area contributed by atoms with Crippen molar-refractivity contribution in [1.29, 1.82) is 0 Å². The van der Waals surface area contributed by atoms with Crippen molar-refractivity contribution in [3.8, 4) is 0 Å². The van der Waals surface area contributed by atoms with Gasteiger partial charge in [0.25, 0.3) is 0 Å². The molecule has 1 rings (SSSR count). The first kappa shape index (κ1) is 17.4. The highest BCUT2D eigenvalue weighted by Gasteiger charge is 2.19. The van der Waals surface area contributed by atoms with Crippen molar-refractivity contribution < 1.29 is 13.9 Å². The van der Waals surface area contributed by atoms with Gasteiger partial charge in [0.15, 0.2) is 0 Å². The fourth-order valence-corrected chi connectivity index (χ4v) is 2.01. The number of hydrogen-bond donors (Lipinski definition) is 1. The largest absolute Gasteiger partial charge is 0.465 e. The van der Waals surface area contributed by atoms with Crippen LogP contribution in [0.3, 0.4) is 0 Å². The lowest BCUT2D eigenvalue weighted by atomic mass is 10.2. The van der Waals surface area contributed by atoms with Crippen LogP contribution in [0.2, 0.25) is 0 Å². The SMILES string of the molecule is CCCNC(CCN(C)c1ccc(F)cc1)C(=O)OCC. The van der Waals surface area contributed by atoms with Gasteiger partial charge in [0.05, 0.1) is 6.61 Å². The Morgan fingerprint density at radius 2 is 2.00 bits per heavy atom. The van der Waals surface area contributed by atoms with Gasteiger partial charge in [0.1, 0.15) is 11.9 Å². The van der Waals surface area contributed by atoms with Crippen LogP contribution in [-0.2, 0) is 9.53 Å². The minimum absolute atomic E-state index is 0.210. The molecule has 1 N–H and O–H groups in total. The van der Waals surface area contributed by atoms with Crippen LogP contribution in [0.4, 0.5) is 10.1 Å². The topological polar surface area (TPSA) is 41.6 Å². The van der Waals surface area contributed by atoms with Gasteiger partial charge in [-0.25, -0.2) is 4.39 Å². The molecule has 0 amide bonds. The minimum Gasteiger partial charge on any atom is -0.465 e. The third-order valence-electron chi connectivity index (χ3n) is 3.23. The number of rotatable bonds is 9. The monoisotopic (exact) mass is 296 g/mol. The second-order valence-electron chi connectivity index (χ2n) is 4.95. The molecule has 0 aromatic heterocycles. The maximum Gasteiger partial charge on any atom is 0.323 e. The lowest BCUT2D eigenvalue weighted by molar-refractivity contribution is -0.145. The Kier molecular flexibility index (Phi) is 7.75. The molecule has 0 saturated heterocycles. The van der Waals surface area contributed by atoms with Crippen LogP contribution < -0.4 is 10.2 Å². The van der Waals surface area contributed by atoms with Gasteiger partial charge in [-0.05, 0) is 50.6 Å². The lowest BCUT2D eigenvalue weighted by Crippen LogP contribution is -2.41. The van der Waals surface area contributed by atoms with Crippen LogP contribution in [0.5, 0.6) is 0 Å². The number of carbonyl (C=O) groups is 1. The first-order chi connectivity index (χ1) is 10.1. The Hall–Kier alpha value is -1.62. The Balaban J connectivity index is 2.54. The summed E-state index contributed by atoms with van der Waals surface area (Å²) in [5, 5.41) is 3.21. The number of esters is 1. The average molecular weight is 296 g/mol. The fourth-order valence-electron chi connectivity index (χ4n) is 2.01. The summed E-state index contributed by atoms with van der Waals surface area (Å²) in [6.45, 7) is 5.71. The normalized spacial score (nSPS) is 12.0. The quantitative estimate of drug-likeness (QED) is 0.711. The predicted octanol–water partition coefficient (Wildman–Crippen LogP) is 2.58. The Morgan fingerprint density at radius 3 is 2.57 bits per heavy atom. The summed E-state index contributed by atoms with van der Waals surface area (Å²) in [6, 6.07) is 6.03. The number of benzene rings is 1. The summed E-state index contributed by atoms with van der Waals surface area (Å²) >= 11 is 0. The van der Waals surface area contributed by atoms with Gasteiger partial charge in [-0.15, -0.1) is 0 Å².